The molecule has 1 aliphatic heterocycles. The number of carbonyl (C=O) groups excluding carboxylic acids is 2. The van der Waals surface area contributed by atoms with Gasteiger partial charge in [0.05, 0.1) is 12.5 Å². The SMILES string of the molecule is CCc1ccc(C2CC(=O)NC(NC(=O)c3cccc(F)c3)=N2)cc1. The lowest BCUT2D eigenvalue weighted by Crippen LogP contribution is -2.47. The third-order valence-corrected chi connectivity index (χ3v) is 4.01. The Hall–Kier alpha value is -3.02. The molecule has 0 aromatic heterocycles. The lowest BCUT2D eigenvalue weighted by Gasteiger charge is -2.21. The number of rotatable bonds is 3. The number of benzene rings is 2. The first-order valence-corrected chi connectivity index (χ1v) is 8.08. The minimum Gasteiger partial charge on any atom is -0.296 e. The van der Waals surface area contributed by atoms with Gasteiger partial charge in [0.1, 0.15) is 5.82 Å². The van der Waals surface area contributed by atoms with Crippen molar-refractivity contribution in [3.8, 4) is 0 Å². The highest BCUT2D eigenvalue weighted by atomic mass is 19.1. The summed E-state index contributed by atoms with van der Waals surface area (Å²) in [6.45, 7) is 2.07. The van der Waals surface area contributed by atoms with Gasteiger partial charge in [0.25, 0.3) is 5.91 Å². The first-order chi connectivity index (χ1) is 12.0. The van der Waals surface area contributed by atoms with Crippen molar-refractivity contribution in [1.82, 2.24) is 10.6 Å². The van der Waals surface area contributed by atoms with Gasteiger partial charge in [0.2, 0.25) is 11.9 Å². The molecule has 1 aliphatic rings. The van der Waals surface area contributed by atoms with Gasteiger partial charge in [-0.2, -0.15) is 0 Å². The summed E-state index contributed by atoms with van der Waals surface area (Å²) in [6, 6.07) is 12.9. The zero-order valence-corrected chi connectivity index (χ0v) is 13.8. The number of nitrogens with zero attached hydrogens (tertiary/aromatic N) is 1. The van der Waals surface area contributed by atoms with Crippen LogP contribution in [0.3, 0.4) is 0 Å². The van der Waals surface area contributed by atoms with Crippen molar-refractivity contribution in [2.75, 3.05) is 0 Å². The molecular weight excluding hydrogens is 321 g/mol. The molecule has 0 fully saturated rings. The van der Waals surface area contributed by atoms with Crippen molar-refractivity contribution >= 4 is 17.8 Å². The Morgan fingerprint density at radius 3 is 2.72 bits per heavy atom. The molecule has 3 rings (SSSR count). The van der Waals surface area contributed by atoms with Gasteiger partial charge in [-0.3, -0.25) is 20.2 Å². The normalized spacial score (nSPS) is 16.8. The number of aryl methyl sites for hydroxylation is 1. The van der Waals surface area contributed by atoms with Crippen LogP contribution >= 0.6 is 0 Å². The molecular formula is C19H18FN3O2. The Labute approximate surface area is 145 Å². The molecule has 25 heavy (non-hydrogen) atoms. The fourth-order valence-electron chi connectivity index (χ4n) is 2.63. The van der Waals surface area contributed by atoms with E-state index < -0.39 is 11.7 Å². The van der Waals surface area contributed by atoms with E-state index in [1.807, 2.05) is 24.3 Å². The van der Waals surface area contributed by atoms with E-state index in [9.17, 15) is 14.0 Å². The van der Waals surface area contributed by atoms with E-state index in [1.54, 1.807) is 0 Å². The summed E-state index contributed by atoms with van der Waals surface area (Å²) in [5.41, 5.74) is 2.27. The largest absolute Gasteiger partial charge is 0.296 e. The van der Waals surface area contributed by atoms with Gasteiger partial charge in [-0.05, 0) is 35.7 Å². The van der Waals surface area contributed by atoms with E-state index in [4.69, 9.17) is 0 Å². The van der Waals surface area contributed by atoms with E-state index in [0.717, 1.165) is 18.1 Å². The predicted molar refractivity (Wildman–Crippen MR) is 92.6 cm³/mol. The number of nitrogens with one attached hydrogen (secondary N) is 2. The predicted octanol–water partition coefficient (Wildman–Crippen LogP) is 2.74. The van der Waals surface area contributed by atoms with Crippen molar-refractivity contribution in [2.45, 2.75) is 25.8 Å². The van der Waals surface area contributed by atoms with Crippen LogP contribution < -0.4 is 10.6 Å². The minimum absolute atomic E-state index is 0.0788. The summed E-state index contributed by atoms with van der Waals surface area (Å²) in [6.07, 6.45) is 1.15. The second kappa shape index (κ2) is 7.25. The maximum atomic E-state index is 13.2. The standard InChI is InChI=1S/C19H18FN3O2/c1-2-12-6-8-13(9-7-12)16-11-17(24)22-19(21-16)23-18(25)14-4-3-5-15(20)10-14/h3-10,16H,2,11H2,1H3,(H2,21,22,23,24,25). The Kier molecular flexibility index (Phi) is 4.88. The Bertz CT molecular complexity index is 831. The van der Waals surface area contributed by atoms with E-state index in [1.165, 1.54) is 23.8 Å². The highest BCUT2D eigenvalue weighted by Gasteiger charge is 2.23. The number of halogens is 1. The van der Waals surface area contributed by atoms with E-state index in [2.05, 4.69) is 22.5 Å². The molecule has 1 heterocycles. The average molecular weight is 339 g/mol. The fourth-order valence-corrected chi connectivity index (χ4v) is 2.63. The number of hydrogen-bond donors (Lipinski definition) is 2. The van der Waals surface area contributed by atoms with Crippen LogP contribution in [0.25, 0.3) is 0 Å². The van der Waals surface area contributed by atoms with Gasteiger partial charge < -0.3 is 0 Å². The summed E-state index contributed by atoms with van der Waals surface area (Å²) in [4.78, 5) is 28.5. The summed E-state index contributed by atoms with van der Waals surface area (Å²) < 4.78 is 13.2. The third-order valence-electron chi connectivity index (χ3n) is 4.01. The van der Waals surface area contributed by atoms with Crippen molar-refractivity contribution in [3.05, 3.63) is 71.0 Å². The topological polar surface area (TPSA) is 70.6 Å². The number of amides is 2. The molecule has 1 atom stereocenters. The van der Waals surface area contributed by atoms with Gasteiger partial charge in [-0.1, -0.05) is 37.3 Å². The highest BCUT2D eigenvalue weighted by Crippen LogP contribution is 2.24. The van der Waals surface area contributed by atoms with Crippen LogP contribution in [0.1, 0.15) is 40.9 Å². The lowest BCUT2D eigenvalue weighted by atomic mass is 10.0. The van der Waals surface area contributed by atoms with Crippen LogP contribution in [-0.4, -0.2) is 17.8 Å². The van der Waals surface area contributed by atoms with Crippen LogP contribution in [0.4, 0.5) is 4.39 Å². The number of guanidine groups is 1. The molecule has 2 aromatic rings. The minimum atomic E-state index is -0.527. The highest BCUT2D eigenvalue weighted by molar-refractivity contribution is 6.10. The van der Waals surface area contributed by atoms with Crippen molar-refractivity contribution in [3.63, 3.8) is 0 Å². The summed E-state index contributed by atoms with van der Waals surface area (Å²) in [5, 5.41) is 5.07. The molecule has 1 unspecified atom stereocenters. The van der Waals surface area contributed by atoms with Crippen LogP contribution in [0, 0.1) is 5.82 Å². The first-order valence-electron chi connectivity index (χ1n) is 8.08. The Morgan fingerprint density at radius 2 is 2.04 bits per heavy atom. The second-order valence-corrected chi connectivity index (χ2v) is 5.81. The lowest BCUT2D eigenvalue weighted by molar-refractivity contribution is -0.120. The quantitative estimate of drug-likeness (QED) is 0.903. The zero-order chi connectivity index (χ0) is 17.8. The van der Waals surface area contributed by atoms with Crippen molar-refractivity contribution in [1.29, 1.82) is 0 Å². The van der Waals surface area contributed by atoms with E-state index in [0.29, 0.717) is 0 Å². The van der Waals surface area contributed by atoms with Gasteiger partial charge in [-0.15, -0.1) is 0 Å². The maximum Gasteiger partial charge on any atom is 0.258 e. The number of aliphatic imine (C=N–C) groups is 1. The molecule has 0 bridgehead atoms. The Balaban J connectivity index is 1.78. The zero-order valence-electron chi connectivity index (χ0n) is 13.8. The van der Waals surface area contributed by atoms with Crippen LogP contribution in [-0.2, 0) is 11.2 Å². The average Bonchev–Trinajstić information content (AvgIpc) is 2.61. The van der Waals surface area contributed by atoms with Crippen LogP contribution in [0.5, 0.6) is 0 Å². The van der Waals surface area contributed by atoms with Gasteiger partial charge in [0.15, 0.2) is 0 Å². The third kappa shape index (κ3) is 4.09. The smallest absolute Gasteiger partial charge is 0.258 e. The molecule has 2 amide bonds. The molecule has 0 aliphatic carbocycles. The monoisotopic (exact) mass is 339 g/mol. The molecule has 0 spiro atoms. The van der Waals surface area contributed by atoms with Gasteiger partial charge in [0, 0.05) is 5.56 Å². The fraction of sp³-hybridized carbons (Fsp3) is 0.211. The molecule has 2 aromatic carbocycles. The van der Waals surface area contributed by atoms with E-state index >= 15 is 0 Å². The summed E-state index contributed by atoms with van der Waals surface area (Å²) in [5.74, 6) is -1.18. The summed E-state index contributed by atoms with van der Waals surface area (Å²) >= 11 is 0. The van der Waals surface area contributed by atoms with Crippen molar-refractivity contribution in [2.24, 2.45) is 4.99 Å². The summed E-state index contributed by atoms with van der Waals surface area (Å²) in [7, 11) is 0. The number of carbonyl (C=O) groups is 2. The second-order valence-electron chi connectivity index (χ2n) is 5.81. The molecule has 0 saturated carbocycles. The molecule has 5 nitrogen and oxygen atoms in total. The van der Waals surface area contributed by atoms with E-state index in [-0.39, 0.29) is 29.9 Å². The Morgan fingerprint density at radius 1 is 1.28 bits per heavy atom. The molecule has 0 radical (unpaired) electrons. The van der Waals surface area contributed by atoms with Crippen molar-refractivity contribution < 1.29 is 14.0 Å². The van der Waals surface area contributed by atoms with Crippen LogP contribution in [0.15, 0.2) is 53.5 Å². The molecule has 2 N–H and O–H groups in total. The van der Waals surface area contributed by atoms with Crippen LogP contribution in [0.2, 0.25) is 0 Å². The molecule has 128 valence electrons. The van der Waals surface area contributed by atoms with Gasteiger partial charge >= 0.3 is 0 Å². The molecule has 6 heteroatoms. The van der Waals surface area contributed by atoms with Gasteiger partial charge in [-0.25, -0.2) is 9.38 Å². The first kappa shape index (κ1) is 16.8. The number of hydrogen-bond acceptors (Lipinski definition) is 3. The maximum absolute atomic E-state index is 13.2. The molecule has 0 saturated heterocycles.